The minimum Gasteiger partial charge on any atom is -0.385 e. The lowest BCUT2D eigenvalue weighted by Gasteiger charge is -2.23. The van der Waals surface area contributed by atoms with Crippen LogP contribution in [0.4, 0.5) is 0 Å². The Morgan fingerprint density at radius 3 is 2.20 bits per heavy atom. The number of likely N-dealkylation sites (N-methyl/N-ethyl adjacent to an activating group) is 1. The molecular weight excluding hydrogens is 194 g/mol. The third kappa shape index (κ3) is 8.81. The van der Waals surface area contributed by atoms with Crippen molar-refractivity contribution in [3.63, 3.8) is 0 Å². The molecule has 0 aliphatic rings. The van der Waals surface area contributed by atoms with E-state index in [-0.39, 0.29) is 6.29 Å². The van der Waals surface area contributed by atoms with Crippen molar-refractivity contribution in [3.05, 3.63) is 0 Å². The van der Waals surface area contributed by atoms with Crippen LogP contribution in [-0.2, 0) is 14.2 Å². The molecule has 0 radical (unpaired) electrons. The number of hydrogen-bond donors (Lipinski definition) is 0. The predicted molar refractivity (Wildman–Crippen MR) is 61.0 cm³/mol. The van der Waals surface area contributed by atoms with E-state index in [4.69, 9.17) is 14.2 Å². The molecule has 92 valence electrons. The first-order valence-electron chi connectivity index (χ1n) is 5.65. The molecule has 0 amide bonds. The fourth-order valence-corrected chi connectivity index (χ4v) is 1.35. The second-order valence-electron chi connectivity index (χ2n) is 3.45. The van der Waals surface area contributed by atoms with Crippen LogP contribution in [-0.4, -0.2) is 58.3 Å². The summed E-state index contributed by atoms with van der Waals surface area (Å²) in [7, 11) is 3.80. The van der Waals surface area contributed by atoms with Gasteiger partial charge < -0.3 is 19.1 Å². The molecule has 4 nitrogen and oxygen atoms in total. The zero-order chi connectivity index (χ0) is 11.5. The molecule has 0 atom stereocenters. The first-order valence-corrected chi connectivity index (χ1v) is 5.65. The van der Waals surface area contributed by atoms with Crippen LogP contribution >= 0.6 is 0 Å². The van der Waals surface area contributed by atoms with Crippen LogP contribution in [0, 0.1) is 0 Å². The molecule has 0 aromatic heterocycles. The molecule has 0 aliphatic heterocycles. The summed E-state index contributed by atoms with van der Waals surface area (Å²) in [6.45, 7) is 7.97. The van der Waals surface area contributed by atoms with Crippen LogP contribution < -0.4 is 0 Å². The number of methoxy groups -OCH3 is 1. The molecule has 4 heteroatoms. The number of rotatable bonds is 10. The first-order chi connectivity index (χ1) is 7.24. The van der Waals surface area contributed by atoms with Crippen molar-refractivity contribution in [1.82, 2.24) is 4.90 Å². The zero-order valence-electron chi connectivity index (χ0n) is 10.5. The molecule has 0 aromatic carbocycles. The lowest BCUT2D eigenvalue weighted by molar-refractivity contribution is -0.145. The Hall–Kier alpha value is -0.160. The van der Waals surface area contributed by atoms with Crippen molar-refractivity contribution in [2.24, 2.45) is 0 Å². The first kappa shape index (κ1) is 14.8. The van der Waals surface area contributed by atoms with Crippen molar-refractivity contribution in [1.29, 1.82) is 0 Å². The van der Waals surface area contributed by atoms with E-state index in [1.165, 1.54) is 0 Å². The van der Waals surface area contributed by atoms with Gasteiger partial charge in [-0.1, -0.05) is 0 Å². The fourth-order valence-electron chi connectivity index (χ4n) is 1.35. The molecule has 0 saturated carbocycles. The Morgan fingerprint density at radius 1 is 1.13 bits per heavy atom. The van der Waals surface area contributed by atoms with Crippen LogP contribution in [0.15, 0.2) is 0 Å². The van der Waals surface area contributed by atoms with Gasteiger partial charge in [-0.15, -0.1) is 0 Å². The maximum absolute atomic E-state index is 5.46. The van der Waals surface area contributed by atoms with Crippen LogP contribution in [0.25, 0.3) is 0 Å². The minimum atomic E-state index is -0.104. The van der Waals surface area contributed by atoms with Crippen LogP contribution in [0.3, 0.4) is 0 Å². The van der Waals surface area contributed by atoms with Gasteiger partial charge in [0.15, 0.2) is 6.29 Å². The maximum atomic E-state index is 5.46. The Labute approximate surface area is 93.5 Å². The largest absolute Gasteiger partial charge is 0.385 e. The normalized spacial score (nSPS) is 11.6. The van der Waals surface area contributed by atoms with Crippen LogP contribution in [0.2, 0.25) is 0 Å². The third-order valence-electron chi connectivity index (χ3n) is 2.05. The molecule has 0 N–H and O–H groups in total. The van der Waals surface area contributed by atoms with Crippen molar-refractivity contribution < 1.29 is 14.2 Å². The molecule has 0 aromatic rings. The fraction of sp³-hybridized carbons (Fsp3) is 1.00. The summed E-state index contributed by atoms with van der Waals surface area (Å²) in [6.07, 6.45) is 0.936. The van der Waals surface area contributed by atoms with E-state index in [1.54, 1.807) is 7.11 Å². The molecule has 0 unspecified atom stereocenters. The van der Waals surface area contributed by atoms with E-state index in [0.717, 1.165) is 26.1 Å². The molecule has 0 rings (SSSR count). The summed E-state index contributed by atoms with van der Waals surface area (Å²) >= 11 is 0. The average Bonchev–Trinajstić information content (AvgIpc) is 2.19. The van der Waals surface area contributed by atoms with Crippen LogP contribution in [0.1, 0.15) is 20.3 Å². The molecule has 0 heterocycles. The zero-order valence-corrected chi connectivity index (χ0v) is 10.5. The summed E-state index contributed by atoms with van der Waals surface area (Å²) in [6, 6.07) is 0. The van der Waals surface area contributed by atoms with E-state index in [1.807, 2.05) is 13.8 Å². The number of ether oxygens (including phenoxy) is 3. The van der Waals surface area contributed by atoms with Crippen molar-refractivity contribution >= 4 is 0 Å². The van der Waals surface area contributed by atoms with Gasteiger partial charge >= 0.3 is 0 Å². The van der Waals surface area contributed by atoms with Crippen LogP contribution in [0.5, 0.6) is 0 Å². The van der Waals surface area contributed by atoms with E-state index in [2.05, 4.69) is 11.9 Å². The summed E-state index contributed by atoms with van der Waals surface area (Å²) < 4.78 is 15.9. The lowest BCUT2D eigenvalue weighted by Crippen LogP contribution is -2.34. The van der Waals surface area contributed by atoms with E-state index < -0.39 is 0 Å². The van der Waals surface area contributed by atoms with Gasteiger partial charge in [0, 0.05) is 40.0 Å². The SMILES string of the molecule is CCOC(CN(C)CCCOC)OCC. The van der Waals surface area contributed by atoms with E-state index in [9.17, 15) is 0 Å². The van der Waals surface area contributed by atoms with Gasteiger partial charge in [-0.05, 0) is 27.3 Å². The predicted octanol–water partition coefficient (Wildman–Crippen LogP) is 1.35. The highest BCUT2D eigenvalue weighted by atomic mass is 16.7. The standard InChI is InChI=1S/C11H25NO3/c1-5-14-11(15-6-2)10-12(3)8-7-9-13-4/h11H,5-10H2,1-4H3. The second-order valence-corrected chi connectivity index (χ2v) is 3.45. The second kappa shape index (κ2) is 10.4. The van der Waals surface area contributed by atoms with Gasteiger partial charge in [0.2, 0.25) is 0 Å². The molecule has 0 saturated heterocycles. The van der Waals surface area contributed by atoms with Gasteiger partial charge in [0.05, 0.1) is 0 Å². The molecule has 15 heavy (non-hydrogen) atoms. The van der Waals surface area contributed by atoms with Gasteiger partial charge in [-0.2, -0.15) is 0 Å². The smallest absolute Gasteiger partial charge is 0.170 e. The molecule has 0 spiro atoms. The highest BCUT2D eigenvalue weighted by molar-refractivity contribution is 4.55. The summed E-state index contributed by atoms with van der Waals surface area (Å²) in [5.74, 6) is 0. The Kier molecular flexibility index (Phi) is 10.3. The Morgan fingerprint density at radius 2 is 1.73 bits per heavy atom. The molecular formula is C11H25NO3. The molecule has 0 fully saturated rings. The molecule has 0 bridgehead atoms. The van der Waals surface area contributed by atoms with Gasteiger partial charge in [0.1, 0.15) is 0 Å². The topological polar surface area (TPSA) is 30.9 Å². The highest BCUT2D eigenvalue weighted by Crippen LogP contribution is 1.99. The lowest BCUT2D eigenvalue weighted by atomic mass is 10.4. The quantitative estimate of drug-likeness (QED) is 0.410. The van der Waals surface area contributed by atoms with Gasteiger partial charge in [0.25, 0.3) is 0 Å². The van der Waals surface area contributed by atoms with Crippen molar-refractivity contribution in [2.45, 2.75) is 26.6 Å². The average molecular weight is 219 g/mol. The van der Waals surface area contributed by atoms with Crippen molar-refractivity contribution in [3.8, 4) is 0 Å². The molecule has 0 aliphatic carbocycles. The third-order valence-corrected chi connectivity index (χ3v) is 2.05. The summed E-state index contributed by atoms with van der Waals surface area (Å²) in [5.41, 5.74) is 0. The number of nitrogens with zero attached hydrogens (tertiary/aromatic N) is 1. The van der Waals surface area contributed by atoms with Gasteiger partial charge in [-0.3, -0.25) is 0 Å². The summed E-state index contributed by atoms with van der Waals surface area (Å²) in [5, 5.41) is 0. The Balaban J connectivity index is 3.62. The van der Waals surface area contributed by atoms with E-state index >= 15 is 0 Å². The monoisotopic (exact) mass is 219 g/mol. The number of hydrogen-bond acceptors (Lipinski definition) is 4. The van der Waals surface area contributed by atoms with Gasteiger partial charge in [-0.25, -0.2) is 0 Å². The maximum Gasteiger partial charge on any atom is 0.170 e. The van der Waals surface area contributed by atoms with E-state index in [0.29, 0.717) is 13.2 Å². The Bertz CT molecular complexity index is 127. The highest BCUT2D eigenvalue weighted by Gasteiger charge is 2.10. The summed E-state index contributed by atoms with van der Waals surface area (Å²) in [4.78, 5) is 2.20. The minimum absolute atomic E-state index is 0.104. The van der Waals surface area contributed by atoms with Crippen molar-refractivity contribution in [2.75, 3.05) is 47.1 Å².